The van der Waals surface area contributed by atoms with Crippen LogP contribution in [-0.4, -0.2) is 50.1 Å². The van der Waals surface area contributed by atoms with Gasteiger partial charge in [-0.15, -0.1) is 0 Å². The number of rotatable bonds is 6. The highest BCUT2D eigenvalue weighted by Gasteiger charge is 2.32. The lowest BCUT2D eigenvalue weighted by Gasteiger charge is -2.24. The molecule has 1 atom stereocenters. The number of amides is 2. The monoisotopic (exact) mass is 641 g/mol. The minimum Gasteiger partial charge on any atom is -0.470 e. The largest absolute Gasteiger partial charge is 0.470 e. The Morgan fingerprint density at radius 1 is 1.13 bits per heavy atom. The second kappa shape index (κ2) is 10.6. The number of nitrogens with two attached hydrogens (primary N) is 1. The zero-order valence-electron chi connectivity index (χ0n) is 25.0. The van der Waals surface area contributed by atoms with E-state index in [1.54, 1.807) is 24.3 Å². The maximum Gasteiger partial charge on any atom is 0.255 e. The van der Waals surface area contributed by atoms with Crippen molar-refractivity contribution in [1.82, 2.24) is 14.9 Å². The summed E-state index contributed by atoms with van der Waals surface area (Å²) in [4.78, 5) is 30.4. The number of sulfonamides is 1. The molecule has 3 aromatic heterocycles. The summed E-state index contributed by atoms with van der Waals surface area (Å²) in [6.45, 7) is 0.208. The van der Waals surface area contributed by atoms with Gasteiger partial charge in [0.15, 0.2) is 6.73 Å². The first-order chi connectivity index (χ1) is 22.0. The summed E-state index contributed by atoms with van der Waals surface area (Å²) in [7, 11) is -0.853. The molecule has 0 fully saturated rings. The molecular weight excluding hydrogens is 613 g/mol. The van der Waals surface area contributed by atoms with E-state index < -0.39 is 33.6 Å². The second-order valence-corrected chi connectivity index (χ2v) is 13.2. The molecule has 0 bridgehead atoms. The first-order valence-electron chi connectivity index (χ1n) is 14.3. The molecule has 2 aromatic carbocycles. The molecule has 1 unspecified atom stereocenters. The molecule has 11 nitrogen and oxygen atoms in total. The number of hydrogen-bond acceptors (Lipinski definition) is 7. The van der Waals surface area contributed by atoms with Crippen molar-refractivity contribution in [3.8, 4) is 39.7 Å². The number of allylic oxidation sites excluding steroid dienone is 1. The summed E-state index contributed by atoms with van der Waals surface area (Å²) in [5.41, 5.74) is 10.5. The second-order valence-electron chi connectivity index (χ2n) is 11.2. The molecule has 0 saturated heterocycles. The highest BCUT2D eigenvalue weighted by molar-refractivity contribution is 7.92. The van der Waals surface area contributed by atoms with E-state index in [9.17, 15) is 22.4 Å². The van der Waals surface area contributed by atoms with Gasteiger partial charge < -0.3 is 24.8 Å². The topological polar surface area (TPSA) is 150 Å². The van der Waals surface area contributed by atoms with Gasteiger partial charge in [0.1, 0.15) is 28.6 Å². The molecule has 1 aliphatic carbocycles. The van der Waals surface area contributed by atoms with Gasteiger partial charge >= 0.3 is 0 Å². The van der Waals surface area contributed by atoms with E-state index in [4.69, 9.17) is 19.9 Å². The first kappa shape index (κ1) is 29.3. The number of primary amides is 1. The zero-order valence-corrected chi connectivity index (χ0v) is 25.8. The number of carbonyl (C=O) groups is 2. The molecule has 46 heavy (non-hydrogen) atoms. The van der Waals surface area contributed by atoms with Crippen molar-refractivity contribution in [2.24, 2.45) is 5.73 Å². The van der Waals surface area contributed by atoms with Crippen LogP contribution < -0.4 is 20.1 Å². The number of anilines is 1. The molecule has 0 spiro atoms. The highest BCUT2D eigenvalue weighted by Crippen LogP contribution is 2.44. The van der Waals surface area contributed by atoms with Crippen LogP contribution in [0.4, 0.5) is 10.1 Å². The van der Waals surface area contributed by atoms with Gasteiger partial charge in [-0.2, -0.15) is 0 Å². The van der Waals surface area contributed by atoms with E-state index in [0.29, 0.717) is 40.1 Å². The summed E-state index contributed by atoms with van der Waals surface area (Å²) < 4.78 is 54.6. The molecule has 7 rings (SSSR count). The molecule has 13 heteroatoms. The standard InChI is InChI=1S/C33H28FN5O6S/c1-36-33(41)29-22-13-21(25(38(2)46(3,42)43)15-28(22)45-31(29)17-7-9-18(34)10-8-17)23-11-12-27-30(37-23)26-14-20-19(32(35)40)5-4-6-24(20)39(26)16-44-27/h4,6-15,19H,5,16H2,1-3H3,(H2,35,40)(H,36,41). The SMILES string of the molecule is CNC(=O)c1c(-c2ccc(F)cc2)oc2cc(N(C)S(C)(=O)=O)c(-c3ccc4c(n3)-c3cc5c(n3CO4)C=CCC5C(N)=O)cc12. The van der Waals surface area contributed by atoms with Crippen LogP contribution >= 0.6 is 0 Å². The average Bonchev–Trinajstić information content (AvgIpc) is 3.61. The summed E-state index contributed by atoms with van der Waals surface area (Å²) in [6.07, 6.45) is 5.41. The molecule has 2 aliphatic rings. The number of nitrogens with one attached hydrogen (secondary N) is 1. The van der Waals surface area contributed by atoms with Gasteiger partial charge in [0.05, 0.1) is 34.8 Å². The Morgan fingerprint density at radius 3 is 2.59 bits per heavy atom. The zero-order chi connectivity index (χ0) is 32.5. The number of benzene rings is 2. The number of nitrogens with zero attached hydrogens (tertiary/aromatic N) is 3. The van der Waals surface area contributed by atoms with Crippen LogP contribution in [0.1, 0.15) is 34.0 Å². The van der Waals surface area contributed by atoms with E-state index in [2.05, 4.69) is 5.32 Å². The van der Waals surface area contributed by atoms with Crippen molar-refractivity contribution in [2.45, 2.75) is 19.1 Å². The van der Waals surface area contributed by atoms with Crippen LogP contribution in [0.25, 0.3) is 51.0 Å². The lowest BCUT2D eigenvalue weighted by molar-refractivity contribution is -0.119. The fraction of sp³-hybridized carbons (Fsp3) is 0.182. The predicted molar refractivity (Wildman–Crippen MR) is 171 cm³/mol. The van der Waals surface area contributed by atoms with Gasteiger partial charge in [-0.25, -0.2) is 17.8 Å². The Balaban J connectivity index is 1.47. The number of hydrogen-bond donors (Lipinski definition) is 2. The van der Waals surface area contributed by atoms with E-state index >= 15 is 0 Å². The van der Waals surface area contributed by atoms with E-state index in [-0.39, 0.29) is 29.3 Å². The Bertz CT molecular complexity index is 2240. The van der Waals surface area contributed by atoms with E-state index in [1.807, 2.05) is 22.8 Å². The minimum atomic E-state index is -3.76. The van der Waals surface area contributed by atoms with Crippen LogP contribution in [0.5, 0.6) is 5.75 Å². The summed E-state index contributed by atoms with van der Waals surface area (Å²) >= 11 is 0. The summed E-state index contributed by atoms with van der Waals surface area (Å²) in [5, 5.41) is 3.04. The number of aromatic nitrogens is 2. The summed E-state index contributed by atoms with van der Waals surface area (Å²) in [6, 6.07) is 14.1. The maximum atomic E-state index is 13.7. The lowest BCUT2D eigenvalue weighted by atomic mass is 9.90. The van der Waals surface area contributed by atoms with Gasteiger partial charge in [0, 0.05) is 42.4 Å². The van der Waals surface area contributed by atoms with Crippen molar-refractivity contribution in [1.29, 1.82) is 0 Å². The van der Waals surface area contributed by atoms with Crippen molar-refractivity contribution < 1.29 is 31.6 Å². The predicted octanol–water partition coefficient (Wildman–Crippen LogP) is 4.86. The number of halogens is 1. The van der Waals surface area contributed by atoms with Crippen LogP contribution in [0.2, 0.25) is 0 Å². The molecule has 3 N–H and O–H groups in total. The van der Waals surface area contributed by atoms with Crippen LogP contribution in [0.15, 0.2) is 65.1 Å². The average molecular weight is 642 g/mol. The van der Waals surface area contributed by atoms with Crippen LogP contribution in [0, 0.1) is 5.82 Å². The Morgan fingerprint density at radius 2 is 1.89 bits per heavy atom. The highest BCUT2D eigenvalue weighted by atomic mass is 32.2. The third-order valence-electron chi connectivity index (χ3n) is 8.47. The molecule has 1 aliphatic heterocycles. The minimum absolute atomic E-state index is 0.200. The van der Waals surface area contributed by atoms with E-state index in [0.717, 1.165) is 27.5 Å². The summed E-state index contributed by atoms with van der Waals surface area (Å²) in [5.74, 6) is -1.09. The number of furan rings is 1. The van der Waals surface area contributed by atoms with Crippen LogP contribution in [-0.2, 0) is 21.5 Å². The fourth-order valence-electron chi connectivity index (χ4n) is 6.06. The number of pyridine rings is 1. The van der Waals surface area contributed by atoms with Gasteiger partial charge in [0.25, 0.3) is 5.91 Å². The molecule has 234 valence electrons. The Hall–Kier alpha value is -5.43. The van der Waals surface area contributed by atoms with E-state index in [1.165, 1.54) is 38.4 Å². The Kier molecular flexibility index (Phi) is 6.74. The maximum absolute atomic E-state index is 13.7. The van der Waals surface area contributed by atoms with Crippen molar-refractivity contribution in [3.63, 3.8) is 0 Å². The van der Waals surface area contributed by atoms with Crippen molar-refractivity contribution in [3.05, 3.63) is 83.3 Å². The van der Waals surface area contributed by atoms with Gasteiger partial charge in [-0.3, -0.25) is 13.9 Å². The molecular formula is C33H28FN5O6S. The van der Waals surface area contributed by atoms with Crippen molar-refractivity contribution in [2.75, 3.05) is 24.7 Å². The third-order valence-corrected chi connectivity index (χ3v) is 9.66. The number of fused-ring (bicyclic) bond motifs is 6. The van der Waals surface area contributed by atoms with Gasteiger partial charge in [0.2, 0.25) is 15.9 Å². The molecule has 0 saturated carbocycles. The number of ether oxygens (including phenoxy) is 1. The molecule has 2 amide bonds. The first-order valence-corrected chi connectivity index (χ1v) is 16.2. The third kappa shape index (κ3) is 4.62. The van der Waals surface area contributed by atoms with Crippen LogP contribution in [0.3, 0.4) is 0 Å². The molecule has 4 heterocycles. The normalized spacial score (nSPS) is 15.1. The fourth-order valence-corrected chi connectivity index (χ4v) is 6.57. The smallest absolute Gasteiger partial charge is 0.255 e. The van der Waals surface area contributed by atoms with Crippen molar-refractivity contribution >= 4 is 44.6 Å². The lowest BCUT2D eigenvalue weighted by Crippen LogP contribution is -2.25. The van der Waals surface area contributed by atoms with Gasteiger partial charge in [-0.1, -0.05) is 6.08 Å². The Labute approximate surface area is 263 Å². The quantitative estimate of drug-likeness (QED) is 0.269. The number of carbonyl (C=O) groups excluding carboxylic acids is 2. The molecule has 0 radical (unpaired) electrons. The van der Waals surface area contributed by atoms with Gasteiger partial charge in [-0.05, 0) is 66.6 Å². The molecule has 5 aromatic rings.